The monoisotopic (exact) mass is 297 g/mol. The second-order valence-corrected chi connectivity index (χ2v) is 4.66. The van der Waals surface area contributed by atoms with Gasteiger partial charge in [0.2, 0.25) is 0 Å². The van der Waals surface area contributed by atoms with Crippen LogP contribution in [0.4, 0.5) is 0 Å². The molecule has 4 heteroatoms. The zero-order chi connectivity index (χ0) is 12.8. The fraction of sp³-hybridized carbons (Fsp3) is 0.308. The molecule has 0 unspecified atom stereocenters. The van der Waals surface area contributed by atoms with E-state index in [-0.39, 0.29) is 12.0 Å². The lowest BCUT2D eigenvalue weighted by molar-refractivity contribution is 0.0958. The van der Waals surface area contributed by atoms with Gasteiger partial charge in [-0.25, -0.2) is 0 Å². The van der Waals surface area contributed by atoms with Gasteiger partial charge < -0.3 is 10.1 Å². The Morgan fingerprint density at radius 2 is 2.29 bits per heavy atom. The van der Waals surface area contributed by atoms with Gasteiger partial charge in [0.1, 0.15) is 5.75 Å². The van der Waals surface area contributed by atoms with Crippen molar-refractivity contribution < 1.29 is 9.53 Å². The van der Waals surface area contributed by atoms with Gasteiger partial charge in [0.25, 0.3) is 5.91 Å². The maximum absolute atomic E-state index is 11.7. The van der Waals surface area contributed by atoms with E-state index in [9.17, 15) is 4.79 Å². The van der Waals surface area contributed by atoms with Crippen LogP contribution in [0.25, 0.3) is 0 Å². The Kier molecular flexibility index (Phi) is 5.22. The number of carbonyl (C=O) groups excluding carboxylic acids is 1. The van der Waals surface area contributed by atoms with Gasteiger partial charge in [-0.1, -0.05) is 6.08 Å². The summed E-state index contributed by atoms with van der Waals surface area (Å²) in [5.41, 5.74) is 0.592. The van der Waals surface area contributed by atoms with E-state index >= 15 is 0 Å². The normalized spacial score (nSPS) is 10.1. The van der Waals surface area contributed by atoms with Crippen molar-refractivity contribution in [3.05, 3.63) is 40.9 Å². The molecule has 1 N–H and O–H groups in total. The molecular weight excluding hydrogens is 282 g/mol. The molecule has 1 aromatic carbocycles. The highest BCUT2D eigenvalue weighted by Gasteiger charge is 2.09. The van der Waals surface area contributed by atoms with E-state index in [4.69, 9.17) is 4.74 Å². The molecular formula is C13H16BrNO2. The van der Waals surface area contributed by atoms with E-state index in [0.717, 1.165) is 10.2 Å². The van der Waals surface area contributed by atoms with Gasteiger partial charge in [-0.3, -0.25) is 4.79 Å². The van der Waals surface area contributed by atoms with E-state index in [0.29, 0.717) is 12.1 Å². The smallest absolute Gasteiger partial charge is 0.251 e. The highest BCUT2D eigenvalue weighted by Crippen LogP contribution is 2.26. The van der Waals surface area contributed by atoms with Gasteiger partial charge in [0, 0.05) is 12.1 Å². The predicted molar refractivity (Wildman–Crippen MR) is 72.4 cm³/mol. The lowest BCUT2D eigenvalue weighted by Crippen LogP contribution is -2.23. The number of amides is 1. The molecule has 17 heavy (non-hydrogen) atoms. The number of ether oxygens (including phenoxy) is 1. The van der Waals surface area contributed by atoms with Crippen LogP contribution in [0.2, 0.25) is 0 Å². The first-order valence-electron chi connectivity index (χ1n) is 5.40. The molecule has 0 radical (unpaired) electrons. The van der Waals surface area contributed by atoms with Crippen LogP contribution in [0.5, 0.6) is 5.75 Å². The Morgan fingerprint density at radius 1 is 1.59 bits per heavy atom. The molecule has 0 spiro atoms. The zero-order valence-electron chi connectivity index (χ0n) is 10.00. The molecule has 1 amide bonds. The third-order valence-corrected chi connectivity index (χ3v) is 2.58. The van der Waals surface area contributed by atoms with Crippen molar-refractivity contribution >= 4 is 21.8 Å². The summed E-state index contributed by atoms with van der Waals surface area (Å²) >= 11 is 3.39. The third-order valence-electron chi connectivity index (χ3n) is 1.96. The number of rotatable bonds is 5. The van der Waals surface area contributed by atoms with Gasteiger partial charge in [0.05, 0.1) is 10.6 Å². The van der Waals surface area contributed by atoms with Crippen LogP contribution < -0.4 is 10.1 Å². The number of carbonyl (C=O) groups is 1. The molecule has 0 heterocycles. The second-order valence-electron chi connectivity index (χ2n) is 3.81. The van der Waals surface area contributed by atoms with Crippen molar-refractivity contribution in [3.8, 4) is 5.75 Å². The maximum Gasteiger partial charge on any atom is 0.251 e. The molecule has 1 aromatic rings. The van der Waals surface area contributed by atoms with E-state index in [1.54, 1.807) is 24.3 Å². The number of hydrogen-bond acceptors (Lipinski definition) is 2. The number of hydrogen-bond donors (Lipinski definition) is 1. The summed E-state index contributed by atoms with van der Waals surface area (Å²) in [4.78, 5) is 11.7. The average Bonchev–Trinajstić information content (AvgIpc) is 2.28. The van der Waals surface area contributed by atoms with Crippen molar-refractivity contribution in [3.63, 3.8) is 0 Å². The molecule has 92 valence electrons. The van der Waals surface area contributed by atoms with Crippen LogP contribution in [0.3, 0.4) is 0 Å². The molecule has 0 saturated carbocycles. The minimum atomic E-state index is -0.123. The van der Waals surface area contributed by atoms with Gasteiger partial charge >= 0.3 is 0 Å². The highest BCUT2D eigenvalue weighted by molar-refractivity contribution is 9.10. The molecule has 1 rings (SSSR count). The van der Waals surface area contributed by atoms with Crippen molar-refractivity contribution in [1.82, 2.24) is 5.32 Å². The summed E-state index contributed by atoms with van der Waals surface area (Å²) in [7, 11) is 0. The van der Waals surface area contributed by atoms with Crippen molar-refractivity contribution in [2.75, 3.05) is 6.54 Å². The van der Waals surface area contributed by atoms with Crippen LogP contribution in [0.1, 0.15) is 24.2 Å². The van der Waals surface area contributed by atoms with Crippen molar-refractivity contribution in [2.45, 2.75) is 20.0 Å². The summed E-state index contributed by atoms with van der Waals surface area (Å²) in [5, 5.41) is 2.72. The molecule has 0 aliphatic carbocycles. The van der Waals surface area contributed by atoms with Gasteiger partial charge in [-0.05, 0) is 48.0 Å². The van der Waals surface area contributed by atoms with Gasteiger partial charge in [-0.15, -0.1) is 6.58 Å². The highest BCUT2D eigenvalue weighted by atomic mass is 79.9. The largest absolute Gasteiger partial charge is 0.490 e. The Morgan fingerprint density at radius 3 is 2.82 bits per heavy atom. The topological polar surface area (TPSA) is 38.3 Å². The van der Waals surface area contributed by atoms with E-state index < -0.39 is 0 Å². The molecule has 0 aliphatic rings. The Labute approximate surface area is 110 Å². The Hall–Kier alpha value is -1.29. The lowest BCUT2D eigenvalue weighted by atomic mass is 10.2. The SMILES string of the molecule is C=CCNC(=O)c1ccc(OC(C)C)c(Br)c1. The summed E-state index contributed by atoms with van der Waals surface area (Å²) < 4.78 is 6.34. The molecule has 0 fully saturated rings. The van der Waals surface area contributed by atoms with Crippen LogP contribution in [0, 0.1) is 0 Å². The van der Waals surface area contributed by atoms with E-state index in [1.807, 2.05) is 13.8 Å². The van der Waals surface area contributed by atoms with Crippen molar-refractivity contribution in [1.29, 1.82) is 0 Å². The van der Waals surface area contributed by atoms with Crippen LogP contribution in [0.15, 0.2) is 35.3 Å². The summed E-state index contributed by atoms with van der Waals surface area (Å²) in [6.07, 6.45) is 1.75. The minimum absolute atomic E-state index is 0.103. The minimum Gasteiger partial charge on any atom is -0.490 e. The molecule has 0 bridgehead atoms. The average molecular weight is 298 g/mol. The molecule has 3 nitrogen and oxygen atoms in total. The summed E-state index contributed by atoms with van der Waals surface area (Å²) in [6, 6.07) is 5.27. The van der Waals surface area contributed by atoms with E-state index in [2.05, 4.69) is 27.8 Å². The first-order valence-corrected chi connectivity index (χ1v) is 6.19. The van der Waals surface area contributed by atoms with Crippen LogP contribution in [-0.2, 0) is 0 Å². The fourth-order valence-electron chi connectivity index (χ4n) is 1.26. The maximum atomic E-state index is 11.7. The number of nitrogens with one attached hydrogen (secondary N) is 1. The predicted octanol–water partition coefficient (Wildman–Crippen LogP) is 3.15. The molecule has 0 atom stereocenters. The standard InChI is InChI=1S/C13H16BrNO2/c1-4-7-15-13(16)10-5-6-12(11(14)8-10)17-9(2)3/h4-6,8-9H,1,7H2,2-3H3,(H,15,16). The second kappa shape index (κ2) is 6.45. The summed E-state index contributed by atoms with van der Waals surface area (Å²) in [5.74, 6) is 0.613. The fourth-order valence-corrected chi connectivity index (χ4v) is 1.73. The summed E-state index contributed by atoms with van der Waals surface area (Å²) in [6.45, 7) is 7.92. The zero-order valence-corrected chi connectivity index (χ0v) is 11.6. The Balaban J connectivity index is 2.81. The van der Waals surface area contributed by atoms with Crippen LogP contribution in [-0.4, -0.2) is 18.6 Å². The van der Waals surface area contributed by atoms with Crippen molar-refractivity contribution in [2.24, 2.45) is 0 Å². The first-order chi connectivity index (χ1) is 8.04. The molecule has 0 aliphatic heterocycles. The lowest BCUT2D eigenvalue weighted by Gasteiger charge is -2.12. The Bertz CT molecular complexity index is 416. The van der Waals surface area contributed by atoms with Gasteiger partial charge in [0.15, 0.2) is 0 Å². The van der Waals surface area contributed by atoms with E-state index in [1.165, 1.54) is 0 Å². The molecule has 0 saturated heterocycles. The molecule has 0 aromatic heterocycles. The van der Waals surface area contributed by atoms with Gasteiger partial charge in [-0.2, -0.15) is 0 Å². The number of halogens is 1. The quantitative estimate of drug-likeness (QED) is 0.848. The number of benzene rings is 1. The third kappa shape index (κ3) is 4.23. The first kappa shape index (κ1) is 13.8. The van der Waals surface area contributed by atoms with Crippen LogP contribution >= 0.6 is 15.9 Å².